The maximum Gasteiger partial charge on any atom is 0.334 e. The zero-order valence-electron chi connectivity index (χ0n) is 12.8. The molecule has 1 fully saturated rings. The molecule has 126 valence electrons. The summed E-state index contributed by atoms with van der Waals surface area (Å²) in [5.41, 5.74) is 0. The van der Waals surface area contributed by atoms with E-state index in [0.29, 0.717) is 6.54 Å². The minimum Gasteiger partial charge on any atom is -0.479 e. The van der Waals surface area contributed by atoms with E-state index < -0.39 is 12.1 Å². The number of rotatable bonds is 4. The van der Waals surface area contributed by atoms with E-state index in [0.717, 1.165) is 0 Å². The third-order valence-electron chi connectivity index (χ3n) is 3.17. The molecule has 11 nitrogen and oxygen atoms in total. The van der Waals surface area contributed by atoms with Crippen LogP contribution in [0.1, 0.15) is 0 Å². The topological polar surface area (TPSA) is 130 Å². The molecule has 1 aromatic rings. The van der Waals surface area contributed by atoms with Gasteiger partial charge in [-0.2, -0.15) is 0 Å². The number of nitrogens with zero attached hydrogens (tertiary/aromatic N) is 5. The van der Waals surface area contributed by atoms with Crippen molar-refractivity contribution in [3.8, 4) is 0 Å². The molecule has 1 aliphatic heterocycles. The van der Waals surface area contributed by atoms with Crippen molar-refractivity contribution in [2.75, 3.05) is 39.1 Å². The lowest BCUT2D eigenvalue weighted by atomic mass is 10.2. The number of morpholine rings is 1. The summed E-state index contributed by atoms with van der Waals surface area (Å²) >= 11 is 0. The number of carbonyl (C=O) groups excluding carboxylic acids is 2. The Morgan fingerprint density at radius 2 is 2.22 bits per heavy atom. The number of amides is 3. The van der Waals surface area contributed by atoms with Crippen LogP contribution in [0, 0.1) is 0 Å². The molecular weight excluding hydrogens is 308 g/mol. The number of hydrogen-bond acceptors (Lipinski definition) is 6. The molecule has 0 spiro atoms. The Bertz CT molecular complexity index is 601. The van der Waals surface area contributed by atoms with E-state index in [4.69, 9.17) is 9.84 Å². The molecule has 1 saturated heterocycles. The zero-order chi connectivity index (χ0) is 17.0. The summed E-state index contributed by atoms with van der Waals surface area (Å²) < 4.78 is 6.34. The average Bonchev–Trinajstić information content (AvgIpc) is 2.94. The molecule has 1 atom stereocenters. The van der Waals surface area contributed by atoms with Crippen molar-refractivity contribution in [2.45, 2.75) is 12.6 Å². The first-order valence-electron chi connectivity index (χ1n) is 6.87. The van der Waals surface area contributed by atoms with Gasteiger partial charge in [0.1, 0.15) is 6.54 Å². The molecule has 1 aliphatic rings. The van der Waals surface area contributed by atoms with Crippen molar-refractivity contribution in [2.24, 2.45) is 0 Å². The van der Waals surface area contributed by atoms with Gasteiger partial charge in [-0.05, 0) is 0 Å². The van der Waals surface area contributed by atoms with Gasteiger partial charge in [0.05, 0.1) is 19.3 Å². The Kier molecular flexibility index (Phi) is 5.11. The highest BCUT2D eigenvalue weighted by molar-refractivity contribution is 5.87. The van der Waals surface area contributed by atoms with Crippen LogP contribution in [0.3, 0.4) is 0 Å². The van der Waals surface area contributed by atoms with Crippen LogP contribution in [-0.4, -0.2) is 87.7 Å². The highest BCUT2D eigenvalue weighted by atomic mass is 16.5. The molecule has 3 amide bonds. The number of hydrogen-bond donors (Lipinski definition) is 2. The van der Waals surface area contributed by atoms with Crippen molar-refractivity contribution in [3.05, 3.63) is 6.20 Å². The van der Waals surface area contributed by atoms with E-state index in [2.05, 4.69) is 15.6 Å². The summed E-state index contributed by atoms with van der Waals surface area (Å²) in [4.78, 5) is 37.3. The van der Waals surface area contributed by atoms with Crippen LogP contribution in [0.25, 0.3) is 0 Å². The summed E-state index contributed by atoms with van der Waals surface area (Å²) in [6, 6.07) is -0.360. The summed E-state index contributed by atoms with van der Waals surface area (Å²) in [7, 11) is 3.17. The van der Waals surface area contributed by atoms with E-state index in [-0.39, 0.29) is 37.5 Å². The van der Waals surface area contributed by atoms with Crippen LogP contribution in [0.5, 0.6) is 0 Å². The fourth-order valence-electron chi connectivity index (χ4n) is 1.92. The standard InChI is InChI=1S/C12H18N6O5/c1-16(2)12(22)13-9-6-18(15-14-9)7-10(19)17-3-4-23-8(5-17)11(20)21/h6,8H,3-5,7H2,1-2H3,(H,13,22)(H,20,21). The van der Waals surface area contributed by atoms with Gasteiger partial charge < -0.3 is 19.6 Å². The summed E-state index contributed by atoms with van der Waals surface area (Å²) in [6.45, 7) is 0.385. The molecule has 23 heavy (non-hydrogen) atoms. The summed E-state index contributed by atoms with van der Waals surface area (Å²) in [5, 5.41) is 18.9. The number of aliphatic carboxylic acids is 1. The molecule has 0 bridgehead atoms. The van der Waals surface area contributed by atoms with Crippen LogP contribution in [0.15, 0.2) is 6.20 Å². The van der Waals surface area contributed by atoms with E-state index in [1.807, 2.05) is 0 Å². The number of urea groups is 1. The van der Waals surface area contributed by atoms with Crippen LogP contribution in [0.2, 0.25) is 0 Å². The van der Waals surface area contributed by atoms with Crippen molar-refractivity contribution < 1.29 is 24.2 Å². The third-order valence-corrected chi connectivity index (χ3v) is 3.17. The van der Waals surface area contributed by atoms with Crippen LogP contribution < -0.4 is 5.32 Å². The maximum absolute atomic E-state index is 12.2. The van der Waals surface area contributed by atoms with E-state index in [9.17, 15) is 14.4 Å². The van der Waals surface area contributed by atoms with E-state index in [1.165, 1.54) is 20.7 Å². The lowest BCUT2D eigenvalue weighted by Gasteiger charge is -2.30. The Labute approximate surface area is 131 Å². The van der Waals surface area contributed by atoms with Gasteiger partial charge in [-0.1, -0.05) is 5.21 Å². The predicted octanol–water partition coefficient (Wildman–Crippen LogP) is -1.32. The molecule has 2 heterocycles. The van der Waals surface area contributed by atoms with Crippen molar-refractivity contribution >= 4 is 23.7 Å². The largest absolute Gasteiger partial charge is 0.479 e. The highest BCUT2D eigenvalue weighted by Gasteiger charge is 2.29. The normalized spacial score (nSPS) is 17.7. The van der Waals surface area contributed by atoms with Gasteiger partial charge in [0.2, 0.25) is 5.91 Å². The molecule has 0 saturated carbocycles. The fraction of sp³-hybridized carbons (Fsp3) is 0.583. The van der Waals surface area contributed by atoms with E-state index in [1.54, 1.807) is 14.1 Å². The molecule has 11 heteroatoms. The third kappa shape index (κ3) is 4.39. The quantitative estimate of drug-likeness (QED) is 0.702. The first-order valence-corrected chi connectivity index (χ1v) is 6.87. The minimum atomic E-state index is -1.10. The molecule has 1 unspecified atom stereocenters. The van der Waals surface area contributed by atoms with Crippen LogP contribution in [-0.2, 0) is 20.9 Å². The van der Waals surface area contributed by atoms with Crippen molar-refractivity contribution in [3.63, 3.8) is 0 Å². The van der Waals surface area contributed by atoms with Gasteiger partial charge in [0.25, 0.3) is 0 Å². The van der Waals surface area contributed by atoms with Gasteiger partial charge in [-0.3, -0.25) is 10.1 Å². The van der Waals surface area contributed by atoms with Gasteiger partial charge in [0.15, 0.2) is 11.9 Å². The molecule has 1 aromatic heterocycles. The molecule has 0 aliphatic carbocycles. The number of anilines is 1. The second kappa shape index (κ2) is 7.05. The molecule has 2 rings (SSSR count). The Hall–Kier alpha value is -2.69. The second-order valence-electron chi connectivity index (χ2n) is 5.16. The number of nitrogens with one attached hydrogen (secondary N) is 1. The SMILES string of the molecule is CN(C)C(=O)Nc1cn(CC(=O)N2CCOC(C(=O)O)C2)nn1. The van der Waals surface area contributed by atoms with Gasteiger partial charge >= 0.3 is 12.0 Å². The van der Waals surface area contributed by atoms with Crippen LogP contribution >= 0.6 is 0 Å². The molecular formula is C12H18N6O5. The lowest BCUT2D eigenvalue weighted by Crippen LogP contribution is -2.49. The second-order valence-corrected chi connectivity index (χ2v) is 5.16. The van der Waals surface area contributed by atoms with E-state index >= 15 is 0 Å². The Balaban J connectivity index is 1.91. The van der Waals surface area contributed by atoms with Crippen molar-refractivity contribution in [1.82, 2.24) is 24.8 Å². The first-order chi connectivity index (χ1) is 10.9. The zero-order valence-corrected chi connectivity index (χ0v) is 12.8. The first kappa shape index (κ1) is 16.7. The minimum absolute atomic E-state index is 0.00686. The van der Waals surface area contributed by atoms with Crippen molar-refractivity contribution in [1.29, 1.82) is 0 Å². The molecule has 2 N–H and O–H groups in total. The van der Waals surface area contributed by atoms with Gasteiger partial charge in [-0.25, -0.2) is 14.3 Å². The predicted molar refractivity (Wildman–Crippen MR) is 76.7 cm³/mol. The fourth-order valence-corrected chi connectivity index (χ4v) is 1.92. The number of carboxylic acid groups (broad SMARTS) is 1. The molecule has 0 radical (unpaired) electrons. The van der Waals surface area contributed by atoms with Crippen LogP contribution in [0.4, 0.5) is 10.6 Å². The highest BCUT2D eigenvalue weighted by Crippen LogP contribution is 2.07. The Morgan fingerprint density at radius 3 is 2.87 bits per heavy atom. The smallest absolute Gasteiger partial charge is 0.334 e. The lowest BCUT2D eigenvalue weighted by molar-refractivity contribution is -0.159. The number of carboxylic acids is 1. The number of aromatic nitrogens is 3. The number of ether oxygens (including phenoxy) is 1. The Morgan fingerprint density at radius 1 is 1.48 bits per heavy atom. The molecule has 0 aromatic carbocycles. The average molecular weight is 326 g/mol. The number of carbonyl (C=O) groups is 3. The maximum atomic E-state index is 12.2. The summed E-state index contributed by atoms with van der Waals surface area (Å²) in [5.74, 6) is -1.17. The monoisotopic (exact) mass is 326 g/mol. The summed E-state index contributed by atoms with van der Waals surface area (Å²) in [6.07, 6.45) is 0.410. The van der Waals surface area contributed by atoms with Gasteiger partial charge in [-0.15, -0.1) is 5.10 Å². The van der Waals surface area contributed by atoms with Gasteiger partial charge in [0, 0.05) is 20.6 Å².